The molecular weight excluding hydrogens is 478 g/mol. The molecule has 3 heterocycles. The Hall–Kier alpha value is -4.16. The van der Waals surface area contributed by atoms with E-state index in [2.05, 4.69) is 54.4 Å². The lowest BCUT2D eigenvalue weighted by Gasteiger charge is -2.31. The summed E-state index contributed by atoms with van der Waals surface area (Å²) < 4.78 is 8.13. The van der Waals surface area contributed by atoms with Gasteiger partial charge in [0.1, 0.15) is 5.75 Å². The lowest BCUT2D eigenvalue weighted by Crippen LogP contribution is -2.38. The van der Waals surface area contributed by atoms with E-state index in [1.807, 2.05) is 41.0 Å². The van der Waals surface area contributed by atoms with E-state index in [-0.39, 0.29) is 11.6 Å². The summed E-state index contributed by atoms with van der Waals surface area (Å²) in [6.45, 7) is 2.05. The van der Waals surface area contributed by atoms with Crippen LogP contribution in [0.25, 0.3) is 22.7 Å². The van der Waals surface area contributed by atoms with Crippen LogP contribution in [-0.2, 0) is 6.42 Å². The summed E-state index contributed by atoms with van der Waals surface area (Å²) >= 11 is 1.47. The van der Waals surface area contributed by atoms with Crippen molar-refractivity contribution in [3.8, 4) is 5.75 Å². The Balaban J connectivity index is 1.51. The van der Waals surface area contributed by atoms with Crippen molar-refractivity contribution in [1.29, 1.82) is 0 Å². The second kappa shape index (κ2) is 8.46. The van der Waals surface area contributed by atoms with Gasteiger partial charge in [0.25, 0.3) is 5.56 Å². The van der Waals surface area contributed by atoms with E-state index >= 15 is 0 Å². The molecule has 0 saturated heterocycles. The molecule has 182 valence electrons. The van der Waals surface area contributed by atoms with Gasteiger partial charge >= 0.3 is 0 Å². The van der Waals surface area contributed by atoms with Crippen LogP contribution in [0.4, 0.5) is 0 Å². The van der Waals surface area contributed by atoms with Gasteiger partial charge in [0.15, 0.2) is 4.80 Å². The van der Waals surface area contributed by atoms with Crippen LogP contribution in [0.3, 0.4) is 0 Å². The fourth-order valence-electron chi connectivity index (χ4n) is 5.75. The van der Waals surface area contributed by atoms with E-state index in [4.69, 9.17) is 9.73 Å². The summed E-state index contributed by atoms with van der Waals surface area (Å²) in [4.78, 5) is 23.4. The number of para-hydroxylation sites is 1. The fraction of sp³-hybridized carbons (Fsp3) is 0.161. The Kier molecular flexibility index (Phi) is 5.04. The van der Waals surface area contributed by atoms with Crippen molar-refractivity contribution >= 4 is 34.0 Å². The maximum absolute atomic E-state index is 14.1. The van der Waals surface area contributed by atoms with Crippen molar-refractivity contribution in [3.63, 3.8) is 0 Å². The molecule has 0 fully saturated rings. The predicted octanol–water partition coefficient (Wildman–Crippen LogP) is 5.12. The third-order valence-electron chi connectivity index (χ3n) is 7.50. The van der Waals surface area contributed by atoms with Gasteiger partial charge in [-0.2, -0.15) is 0 Å². The van der Waals surface area contributed by atoms with Crippen molar-refractivity contribution in [3.05, 3.63) is 126 Å². The highest BCUT2D eigenvalue weighted by molar-refractivity contribution is 7.07. The number of thiazole rings is 1. The van der Waals surface area contributed by atoms with Crippen LogP contribution in [0.2, 0.25) is 0 Å². The molecule has 0 spiro atoms. The Labute approximate surface area is 217 Å². The minimum Gasteiger partial charge on any atom is -0.497 e. The highest BCUT2D eigenvalue weighted by Crippen LogP contribution is 2.41. The van der Waals surface area contributed by atoms with Crippen LogP contribution < -0.4 is 19.6 Å². The smallest absolute Gasteiger partial charge is 0.271 e. The SMILES string of the molecule is COc1cccc([C@H]2C3=C(N=c4sc(=Cc5c(C)[nH]c6ccccc56)c(=O)n42)c2ccccc2CC3)c1. The Morgan fingerprint density at radius 1 is 1.05 bits per heavy atom. The Bertz CT molecular complexity index is 1920. The number of hydrogen-bond donors (Lipinski definition) is 1. The molecule has 1 aliphatic heterocycles. The molecule has 37 heavy (non-hydrogen) atoms. The van der Waals surface area contributed by atoms with Gasteiger partial charge in [-0.25, -0.2) is 4.99 Å². The molecule has 0 radical (unpaired) electrons. The van der Waals surface area contributed by atoms with Gasteiger partial charge in [0.2, 0.25) is 0 Å². The number of aromatic nitrogens is 2. The summed E-state index contributed by atoms with van der Waals surface area (Å²) in [5, 5.41) is 1.11. The van der Waals surface area contributed by atoms with E-state index < -0.39 is 0 Å². The molecule has 6 heteroatoms. The zero-order valence-corrected chi connectivity index (χ0v) is 21.4. The summed E-state index contributed by atoms with van der Waals surface area (Å²) in [6, 6.07) is 24.6. The van der Waals surface area contributed by atoms with Gasteiger partial charge in [-0.05, 0) is 60.7 Å². The second-order valence-electron chi connectivity index (χ2n) is 9.60. The van der Waals surface area contributed by atoms with Crippen LogP contribution >= 0.6 is 11.3 Å². The molecule has 0 unspecified atom stereocenters. The number of aryl methyl sites for hydroxylation is 2. The lowest BCUT2D eigenvalue weighted by atomic mass is 9.83. The van der Waals surface area contributed by atoms with E-state index in [9.17, 15) is 4.79 Å². The molecule has 1 atom stereocenters. The number of allylic oxidation sites excluding steroid dienone is 1. The first-order valence-electron chi connectivity index (χ1n) is 12.5. The summed E-state index contributed by atoms with van der Waals surface area (Å²) in [5.41, 5.74) is 8.87. The summed E-state index contributed by atoms with van der Waals surface area (Å²) in [5.74, 6) is 0.782. The van der Waals surface area contributed by atoms with Gasteiger partial charge in [-0.15, -0.1) is 0 Å². The number of hydrogen-bond acceptors (Lipinski definition) is 4. The third-order valence-corrected chi connectivity index (χ3v) is 8.48. The Morgan fingerprint density at radius 3 is 2.78 bits per heavy atom. The highest BCUT2D eigenvalue weighted by atomic mass is 32.1. The highest BCUT2D eigenvalue weighted by Gasteiger charge is 2.32. The number of benzene rings is 3. The van der Waals surface area contributed by atoms with Crippen molar-refractivity contribution in [2.24, 2.45) is 4.99 Å². The van der Waals surface area contributed by atoms with Crippen molar-refractivity contribution < 1.29 is 4.74 Å². The molecule has 1 N–H and O–H groups in total. The number of nitrogens with one attached hydrogen (secondary N) is 1. The third kappa shape index (κ3) is 3.44. The topological polar surface area (TPSA) is 59.4 Å². The number of nitrogens with zero attached hydrogens (tertiary/aromatic N) is 2. The molecule has 0 amide bonds. The van der Waals surface area contributed by atoms with Gasteiger partial charge in [-0.3, -0.25) is 9.36 Å². The average Bonchev–Trinajstić information content (AvgIpc) is 3.42. The maximum Gasteiger partial charge on any atom is 0.271 e. The minimum absolute atomic E-state index is 0.00772. The van der Waals surface area contributed by atoms with Crippen molar-refractivity contribution in [2.45, 2.75) is 25.8 Å². The monoisotopic (exact) mass is 503 g/mol. The molecule has 1 aliphatic carbocycles. The fourth-order valence-corrected chi connectivity index (χ4v) is 6.73. The van der Waals surface area contributed by atoms with E-state index in [1.54, 1.807) is 7.11 Å². The molecule has 5 nitrogen and oxygen atoms in total. The largest absolute Gasteiger partial charge is 0.497 e. The summed E-state index contributed by atoms with van der Waals surface area (Å²) in [7, 11) is 1.68. The molecule has 5 aromatic rings. The number of ether oxygens (including phenoxy) is 1. The Morgan fingerprint density at radius 2 is 1.89 bits per heavy atom. The van der Waals surface area contributed by atoms with E-state index in [1.165, 1.54) is 28.0 Å². The van der Waals surface area contributed by atoms with Crippen LogP contribution in [0.15, 0.2) is 88.2 Å². The van der Waals surface area contributed by atoms with Crippen LogP contribution in [-0.4, -0.2) is 16.7 Å². The standard InChI is InChI=1S/C31H25N3O2S/c1-18-25(23-12-5-6-13-26(23)32-18)17-27-30(35)34-29(20-9-7-10-21(16-20)36-2)24-15-14-19-8-3-4-11-22(19)28(24)33-31(34)37-27/h3-13,16-17,29,32H,14-15H2,1-2H3/t29-/m0/s1. The van der Waals surface area contributed by atoms with E-state index in [0.29, 0.717) is 4.53 Å². The van der Waals surface area contributed by atoms with E-state index in [0.717, 1.165) is 56.8 Å². The first-order valence-corrected chi connectivity index (χ1v) is 13.3. The molecule has 7 rings (SSSR count). The number of rotatable bonds is 3. The van der Waals surface area contributed by atoms with Crippen LogP contribution in [0.1, 0.15) is 40.4 Å². The van der Waals surface area contributed by atoms with Gasteiger partial charge in [0.05, 0.1) is 23.4 Å². The lowest BCUT2D eigenvalue weighted by molar-refractivity contribution is 0.413. The molecule has 3 aromatic carbocycles. The molecule has 2 aliphatic rings. The normalized spacial score (nSPS) is 16.8. The van der Waals surface area contributed by atoms with Gasteiger partial charge < -0.3 is 9.72 Å². The number of aromatic amines is 1. The molecular formula is C31H25N3O2S. The zero-order chi connectivity index (χ0) is 25.1. The van der Waals surface area contributed by atoms with Crippen molar-refractivity contribution in [1.82, 2.24) is 9.55 Å². The summed E-state index contributed by atoms with van der Waals surface area (Å²) in [6.07, 6.45) is 3.82. The van der Waals surface area contributed by atoms with Gasteiger partial charge in [-0.1, -0.05) is 65.9 Å². The predicted molar refractivity (Wildman–Crippen MR) is 149 cm³/mol. The van der Waals surface area contributed by atoms with Crippen LogP contribution in [0, 0.1) is 6.92 Å². The first kappa shape index (κ1) is 22.1. The quantitative estimate of drug-likeness (QED) is 0.372. The zero-order valence-electron chi connectivity index (χ0n) is 20.6. The maximum atomic E-state index is 14.1. The molecule has 2 aromatic heterocycles. The van der Waals surface area contributed by atoms with Gasteiger partial charge in [0, 0.05) is 27.7 Å². The molecule has 0 saturated carbocycles. The van der Waals surface area contributed by atoms with Crippen molar-refractivity contribution in [2.75, 3.05) is 7.11 Å². The molecule has 0 bridgehead atoms. The minimum atomic E-state index is -0.221. The average molecular weight is 504 g/mol. The van der Waals surface area contributed by atoms with Crippen LogP contribution in [0.5, 0.6) is 5.75 Å². The first-order chi connectivity index (χ1) is 18.1. The number of fused-ring (bicyclic) bond motifs is 4. The number of H-pyrrole nitrogens is 1. The number of methoxy groups -OCH3 is 1. The second-order valence-corrected chi connectivity index (χ2v) is 10.6.